The summed E-state index contributed by atoms with van der Waals surface area (Å²) in [5.74, 6) is 0.594. The molecule has 0 aliphatic carbocycles. The Morgan fingerprint density at radius 3 is 2.35 bits per heavy atom. The molecule has 1 N–H and O–H groups in total. The van der Waals surface area contributed by atoms with Crippen LogP contribution in [-0.4, -0.2) is 33.4 Å². The van der Waals surface area contributed by atoms with Gasteiger partial charge in [-0.2, -0.15) is 5.10 Å². The average Bonchev–Trinajstić information content (AvgIpc) is 2.97. The third-order valence-electron chi connectivity index (χ3n) is 6.44. The molecule has 0 bridgehead atoms. The standard InChI is InChI=1S/C32H31Cl2N3O5S/c1-4-41-31-17-23(9-16-30(31)42-21-26-10-13-27(33)18-29(26)34)19-35-36-32(38)24-11-14-28(15-12-24)37(43(3,39)40)20-25-8-6-5-7-22(25)2/h5-19H,4,20-21H2,1-3H3,(H,36,38)/b35-19-. The predicted molar refractivity (Wildman–Crippen MR) is 172 cm³/mol. The average molecular weight is 641 g/mol. The lowest BCUT2D eigenvalue weighted by atomic mass is 10.1. The van der Waals surface area contributed by atoms with Gasteiger partial charge in [0.2, 0.25) is 10.0 Å². The number of benzene rings is 4. The number of amides is 1. The number of nitrogens with one attached hydrogen (secondary N) is 1. The lowest BCUT2D eigenvalue weighted by molar-refractivity contribution is 0.0955. The number of hydrazone groups is 1. The molecule has 0 aliphatic heterocycles. The molecule has 11 heteroatoms. The summed E-state index contributed by atoms with van der Waals surface area (Å²) in [5.41, 5.74) is 6.62. The maximum Gasteiger partial charge on any atom is 0.271 e. The number of hydrogen-bond acceptors (Lipinski definition) is 6. The summed E-state index contributed by atoms with van der Waals surface area (Å²) in [5, 5.41) is 5.12. The van der Waals surface area contributed by atoms with E-state index in [0.717, 1.165) is 22.9 Å². The molecule has 0 aromatic heterocycles. The van der Waals surface area contributed by atoms with Gasteiger partial charge in [-0.05, 0) is 85.1 Å². The number of rotatable bonds is 12. The van der Waals surface area contributed by atoms with Crippen molar-refractivity contribution in [1.82, 2.24) is 5.43 Å². The zero-order chi connectivity index (χ0) is 31.0. The van der Waals surface area contributed by atoms with E-state index in [-0.39, 0.29) is 13.2 Å². The van der Waals surface area contributed by atoms with Crippen molar-refractivity contribution in [1.29, 1.82) is 0 Å². The van der Waals surface area contributed by atoms with Crippen molar-refractivity contribution in [3.63, 3.8) is 0 Å². The van der Waals surface area contributed by atoms with Crippen molar-refractivity contribution in [2.24, 2.45) is 5.10 Å². The second-order valence-corrected chi connectivity index (χ2v) is 12.4. The first-order valence-electron chi connectivity index (χ1n) is 13.3. The van der Waals surface area contributed by atoms with Crippen molar-refractivity contribution in [2.75, 3.05) is 17.2 Å². The molecule has 0 spiro atoms. The summed E-state index contributed by atoms with van der Waals surface area (Å²) in [4.78, 5) is 12.7. The van der Waals surface area contributed by atoms with Crippen molar-refractivity contribution in [2.45, 2.75) is 27.0 Å². The van der Waals surface area contributed by atoms with Gasteiger partial charge >= 0.3 is 0 Å². The van der Waals surface area contributed by atoms with Crippen LogP contribution in [0.2, 0.25) is 10.0 Å². The number of aryl methyl sites for hydroxylation is 1. The second-order valence-electron chi connectivity index (χ2n) is 9.61. The summed E-state index contributed by atoms with van der Waals surface area (Å²) in [7, 11) is -3.56. The van der Waals surface area contributed by atoms with E-state index in [9.17, 15) is 13.2 Å². The minimum Gasteiger partial charge on any atom is -0.490 e. The van der Waals surface area contributed by atoms with Crippen LogP contribution < -0.4 is 19.2 Å². The molecule has 0 fully saturated rings. The highest BCUT2D eigenvalue weighted by molar-refractivity contribution is 7.92. The molecule has 0 radical (unpaired) electrons. The fourth-order valence-corrected chi connectivity index (χ4v) is 5.48. The molecule has 0 atom stereocenters. The van der Waals surface area contributed by atoms with Crippen LogP contribution in [0.25, 0.3) is 0 Å². The Bertz CT molecular complexity index is 1730. The quantitative estimate of drug-likeness (QED) is 0.133. The maximum atomic E-state index is 12.7. The Labute approximate surface area is 261 Å². The number of hydrogen-bond donors (Lipinski definition) is 1. The molecule has 0 aliphatic rings. The predicted octanol–water partition coefficient (Wildman–Crippen LogP) is 7.01. The van der Waals surface area contributed by atoms with E-state index in [2.05, 4.69) is 10.5 Å². The summed E-state index contributed by atoms with van der Waals surface area (Å²) in [6.45, 7) is 4.63. The van der Waals surface area contributed by atoms with E-state index >= 15 is 0 Å². The molecule has 8 nitrogen and oxygen atoms in total. The van der Waals surface area contributed by atoms with E-state index in [1.807, 2.05) is 38.1 Å². The molecule has 0 saturated carbocycles. The number of ether oxygens (including phenoxy) is 2. The van der Waals surface area contributed by atoms with Gasteiger partial charge in [-0.1, -0.05) is 53.5 Å². The normalized spacial score (nSPS) is 11.4. The second kappa shape index (κ2) is 14.4. The molecular weight excluding hydrogens is 609 g/mol. The van der Waals surface area contributed by atoms with Crippen LogP contribution in [0, 0.1) is 6.92 Å². The minimum atomic E-state index is -3.56. The van der Waals surface area contributed by atoms with Crippen LogP contribution >= 0.6 is 23.2 Å². The maximum absolute atomic E-state index is 12.7. The number of nitrogens with zero attached hydrogens (tertiary/aromatic N) is 2. The smallest absolute Gasteiger partial charge is 0.271 e. The van der Waals surface area contributed by atoms with Gasteiger partial charge in [-0.15, -0.1) is 0 Å². The van der Waals surface area contributed by atoms with Crippen LogP contribution in [0.3, 0.4) is 0 Å². The number of halogens is 2. The summed E-state index contributed by atoms with van der Waals surface area (Å²) >= 11 is 12.2. The van der Waals surface area contributed by atoms with Gasteiger partial charge in [0.1, 0.15) is 6.61 Å². The first-order chi connectivity index (χ1) is 20.5. The zero-order valence-electron chi connectivity index (χ0n) is 23.9. The van der Waals surface area contributed by atoms with Crippen LogP contribution in [-0.2, 0) is 23.2 Å². The molecule has 0 saturated heterocycles. The molecule has 4 rings (SSSR count). The highest BCUT2D eigenvalue weighted by Gasteiger charge is 2.19. The van der Waals surface area contributed by atoms with Gasteiger partial charge in [0.15, 0.2) is 11.5 Å². The highest BCUT2D eigenvalue weighted by Crippen LogP contribution is 2.30. The Morgan fingerprint density at radius 2 is 1.67 bits per heavy atom. The first kappa shape index (κ1) is 31.9. The molecule has 0 unspecified atom stereocenters. The first-order valence-corrected chi connectivity index (χ1v) is 15.9. The van der Waals surface area contributed by atoms with E-state index in [1.54, 1.807) is 60.7 Å². The molecule has 4 aromatic rings. The van der Waals surface area contributed by atoms with Crippen LogP contribution in [0.5, 0.6) is 11.5 Å². The zero-order valence-corrected chi connectivity index (χ0v) is 26.2. The van der Waals surface area contributed by atoms with Gasteiger partial charge in [-0.25, -0.2) is 13.8 Å². The van der Waals surface area contributed by atoms with Crippen molar-refractivity contribution < 1.29 is 22.7 Å². The van der Waals surface area contributed by atoms with Crippen LogP contribution in [0.15, 0.2) is 90.0 Å². The molecular formula is C32H31Cl2N3O5S. The molecule has 4 aromatic carbocycles. The lowest BCUT2D eigenvalue weighted by Crippen LogP contribution is -2.29. The third-order valence-corrected chi connectivity index (χ3v) is 8.17. The van der Waals surface area contributed by atoms with Crippen LogP contribution in [0.1, 0.15) is 39.5 Å². The Balaban J connectivity index is 1.41. The summed E-state index contributed by atoms with van der Waals surface area (Å²) in [6.07, 6.45) is 2.65. The van der Waals surface area contributed by atoms with Gasteiger partial charge < -0.3 is 9.47 Å². The van der Waals surface area contributed by atoms with E-state index < -0.39 is 15.9 Å². The number of carbonyl (C=O) groups excluding carboxylic acids is 1. The number of carbonyl (C=O) groups is 1. The molecule has 1 amide bonds. The molecule has 43 heavy (non-hydrogen) atoms. The van der Waals surface area contributed by atoms with Crippen LogP contribution in [0.4, 0.5) is 5.69 Å². The SMILES string of the molecule is CCOc1cc(/C=N\NC(=O)c2ccc(N(Cc3ccccc3C)S(C)(=O)=O)cc2)ccc1OCc1ccc(Cl)cc1Cl. The Kier molecular flexibility index (Phi) is 10.7. The van der Waals surface area contributed by atoms with Gasteiger partial charge in [-0.3, -0.25) is 9.10 Å². The summed E-state index contributed by atoms with van der Waals surface area (Å²) in [6, 6.07) is 24.4. The third kappa shape index (κ3) is 8.73. The van der Waals surface area contributed by atoms with Gasteiger partial charge in [0.25, 0.3) is 5.91 Å². The van der Waals surface area contributed by atoms with Gasteiger partial charge in [0.05, 0.1) is 31.3 Å². The summed E-state index contributed by atoms with van der Waals surface area (Å²) < 4.78 is 38.1. The van der Waals surface area contributed by atoms with E-state index in [4.69, 9.17) is 32.7 Å². The number of sulfonamides is 1. The highest BCUT2D eigenvalue weighted by atomic mass is 35.5. The van der Waals surface area contributed by atoms with Crippen molar-refractivity contribution in [3.05, 3.63) is 123 Å². The minimum absolute atomic E-state index is 0.184. The molecule has 0 heterocycles. The fourth-order valence-electron chi connectivity index (χ4n) is 4.14. The largest absolute Gasteiger partial charge is 0.490 e. The van der Waals surface area contributed by atoms with Crippen molar-refractivity contribution >= 4 is 51.0 Å². The Hall–Kier alpha value is -4.05. The van der Waals surface area contributed by atoms with Crippen molar-refractivity contribution in [3.8, 4) is 11.5 Å². The number of anilines is 1. The topological polar surface area (TPSA) is 97.3 Å². The lowest BCUT2D eigenvalue weighted by Gasteiger charge is -2.23. The van der Waals surface area contributed by atoms with E-state index in [1.165, 1.54) is 10.5 Å². The van der Waals surface area contributed by atoms with Gasteiger partial charge in [0, 0.05) is 21.2 Å². The Morgan fingerprint density at radius 1 is 0.930 bits per heavy atom. The fraction of sp³-hybridized carbons (Fsp3) is 0.188. The van der Waals surface area contributed by atoms with E-state index in [0.29, 0.717) is 45.0 Å². The monoisotopic (exact) mass is 639 g/mol. The molecule has 224 valence electrons.